The van der Waals surface area contributed by atoms with Gasteiger partial charge in [-0.1, -0.05) is 116 Å². The maximum atomic E-state index is 3.26. The predicted molar refractivity (Wildman–Crippen MR) is 155 cm³/mol. The van der Waals surface area contributed by atoms with E-state index in [4.69, 9.17) is 0 Å². The summed E-state index contributed by atoms with van der Waals surface area (Å²) in [4.78, 5) is 0. The van der Waals surface area contributed by atoms with Crippen molar-refractivity contribution in [1.82, 2.24) is 0 Å². The Balaban J connectivity index is 0.000000368. The van der Waals surface area contributed by atoms with Crippen LogP contribution in [0, 0.1) is 23.8 Å². The average Bonchev–Trinajstić information content (AvgIpc) is 3.30. The Morgan fingerprint density at radius 2 is 1.11 bits per heavy atom. The van der Waals surface area contributed by atoms with Gasteiger partial charge in [-0.15, -0.1) is 39.7 Å². The topological polar surface area (TPSA) is 0 Å². The first-order chi connectivity index (χ1) is 15.6. The third kappa shape index (κ3) is 8.63. The maximum absolute atomic E-state index is 3.26. The van der Waals surface area contributed by atoms with Gasteiger partial charge in [0.25, 0.3) is 0 Å². The molecule has 1 unspecified atom stereocenters. The van der Waals surface area contributed by atoms with Crippen LogP contribution in [0.1, 0.15) is 94.2 Å². The van der Waals surface area contributed by atoms with Gasteiger partial charge in [0.1, 0.15) is 0 Å². The molecule has 0 amide bonds. The molecule has 3 aromatic carbocycles. The minimum Gasteiger partial charge on any atom is -0.335 e. The third-order valence-corrected chi connectivity index (χ3v) is 6.24. The molecule has 1 aliphatic carbocycles. The fraction of sp³-hybridized carbons (Fsp3) is 0.471. The van der Waals surface area contributed by atoms with Gasteiger partial charge >= 0.3 is 26.2 Å². The number of rotatable bonds is 0. The molecule has 0 aliphatic heterocycles. The molecule has 3 aromatic rings. The van der Waals surface area contributed by atoms with Gasteiger partial charge in [-0.2, -0.15) is 25.5 Å². The van der Waals surface area contributed by atoms with E-state index in [9.17, 15) is 0 Å². The summed E-state index contributed by atoms with van der Waals surface area (Å²) in [6.45, 7) is 26.5. The molecule has 0 aromatic heterocycles. The molecular formula is C34H47Zr. The quantitative estimate of drug-likeness (QED) is 0.246. The van der Waals surface area contributed by atoms with Gasteiger partial charge in [-0.3, -0.25) is 6.08 Å². The Kier molecular flexibility index (Phi) is 11.1. The van der Waals surface area contributed by atoms with Gasteiger partial charge in [-0.05, 0) is 10.8 Å². The van der Waals surface area contributed by atoms with Gasteiger partial charge in [0.2, 0.25) is 0 Å². The Morgan fingerprint density at radius 3 is 1.37 bits per heavy atom. The maximum Gasteiger partial charge on any atom is 3.00 e. The van der Waals surface area contributed by atoms with Crippen LogP contribution >= 0.6 is 0 Å². The second-order valence-electron chi connectivity index (χ2n) is 12.8. The molecule has 35 heavy (non-hydrogen) atoms. The van der Waals surface area contributed by atoms with Gasteiger partial charge in [0, 0.05) is 0 Å². The van der Waals surface area contributed by atoms with E-state index in [0.717, 1.165) is 0 Å². The molecule has 0 bridgehead atoms. The largest absolute Gasteiger partial charge is 3.00 e. The first-order valence-electron chi connectivity index (χ1n) is 12.8. The number of fused-ring (bicyclic) bond motifs is 3. The van der Waals surface area contributed by atoms with Crippen LogP contribution in [0.25, 0.3) is 21.5 Å². The van der Waals surface area contributed by atoms with E-state index < -0.39 is 0 Å². The summed E-state index contributed by atoms with van der Waals surface area (Å²) in [7, 11) is 0. The van der Waals surface area contributed by atoms with Crippen molar-refractivity contribution in [2.45, 2.75) is 93.9 Å². The normalized spacial score (nSPS) is 15.7. The zero-order valence-electron chi connectivity index (χ0n) is 24.4. The smallest absolute Gasteiger partial charge is 0.335 e. The molecule has 4 rings (SSSR count). The first kappa shape index (κ1) is 31.7. The van der Waals surface area contributed by atoms with Crippen molar-refractivity contribution in [3.63, 3.8) is 0 Å². The molecule has 1 heteroatoms. The molecule has 1 atom stereocenters. The molecular weight excluding hydrogens is 500 g/mol. The molecule has 0 nitrogen and oxygen atoms in total. The van der Waals surface area contributed by atoms with E-state index >= 15 is 0 Å². The zero-order chi connectivity index (χ0) is 25.9. The van der Waals surface area contributed by atoms with Crippen molar-refractivity contribution < 1.29 is 26.2 Å². The van der Waals surface area contributed by atoms with Gasteiger partial charge in [0.05, 0.1) is 0 Å². The third-order valence-electron chi connectivity index (χ3n) is 6.24. The molecule has 1 radical (unpaired) electrons. The van der Waals surface area contributed by atoms with Gasteiger partial charge in [-0.25, -0.2) is 6.08 Å². The Morgan fingerprint density at radius 1 is 0.714 bits per heavy atom. The Bertz CT molecular complexity index is 1080. The van der Waals surface area contributed by atoms with E-state index in [1.54, 1.807) is 0 Å². The van der Waals surface area contributed by atoms with E-state index in [1.165, 1.54) is 38.2 Å². The molecule has 0 saturated heterocycles. The van der Waals surface area contributed by atoms with E-state index in [0.29, 0.717) is 11.3 Å². The van der Waals surface area contributed by atoms with Crippen molar-refractivity contribution in [2.24, 2.45) is 11.3 Å². The van der Waals surface area contributed by atoms with Crippen molar-refractivity contribution in [3.05, 3.63) is 83.8 Å². The van der Waals surface area contributed by atoms with Crippen LogP contribution < -0.4 is 0 Å². The fourth-order valence-corrected chi connectivity index (χ4v) is 3.98. The minimum absolute atomic E-state index is 0. The SMILES string of the molecule is CC(C)(C)c1ccc2[cH-]c3ccc(C(C)(C)C)cc3c2c1.CC1[C-]=CC(C(C)(C)C)=C1.C[CH-]C.[Zr+3]. The minimum atomic E-state index is 0. The summed E-state index contributed by atoms with van der Waals surface area (Å²) in [6, 6.07) is 16.1. The average molecular weight is 547 g/mol. The predicted octanol–water partition coefficient (Wildman–Crippen LogP) is 10.5. The fourth-order valence-electron chi connectivity index (χ4n) is 3.98. The molecule has 0 N–H and O–H groups in total. The van der Waals surface area contributed by atoms with Crippen LogP contribution in [0.4, 0.5) is 0 Å². The van der Waals surface area contributed by atoms with Crippen LogP contribution in [-0.4, -0.2) is 0 Å². The van der Waals surface area contributed by atoms with Crippen LogP contribution in [0.3, 0.4) is 0 Å². The van der Waals surface area contributed by atoms with Gasteiger partial charge < -0.3 is 6.42 Å². The summed E-state index contributed by atoms with van der Waals surface area (Å²) in [5.74, 6) is 0.522. The number of benzene rings is 2. The molecule has 187 valence electrons. The molecule has 0 spiro atoms. The van der Waals surface area contributed by atoms with Crippen molar-refractivity contribution in [2.75, 3.05) is 0 Å². The molecule has 0 fully saturated rings. The molecule has 0 heterocycles. The van der Waals surface area contributed by atoms with Crippen LogP contribution in [0.2, 0.25) is 0 Å². The van der Waals surface area contributed by atoms with Crippen molar-refractivity contribution in [1.29, 1.82) is 0 Å². The van der Waals surface area contributed by atoms with Crippen molar-refractivity contribution in [3.8, 4) is 0 Å². The van der Waals surface area contributed by atoms with Crippen molar-refractivity contribution >= 4 is 21.5 Å². The summed E-state index contributed by atoms with van der Waals surface area (Å²) in [5, 5.41) is 5.49. The second-order valence-corrected chi connectivity index (χ2v) is 12.8. The number of hydrogen-bond donors (Lipinski definition) is 0. The van der Waals surface area contributed by atoms with E-state index in [-0.39, 0.29) is 37.0 Å². The van der Waals surface area contributed by atoms with Crippen LogP contribution in [0.5, 0.6) is 0 Å². The summed E-state index contributed by atoms with van der Waals surface area (Å²) in [6.07, 6.45) is 9.65. The van der Waals surface area contributed by atoms with Crippen LogP contribution in [-0.2, 0) is 37.0 Å². The summed E-state index contributed by atoms with van der Waals surface area (Å²) >= 11 is 0. The Labute approximate surface area is 235 Å². The molecule has 1 aliphatic rings. The Hall–Kier alpha value is -1.33. The molecule has 0 saturated carbocycles. The summed E-state index contributed by atoms with van der Waals surface area (Å²) in [5.41, 5.74) is 4.92. The standard InChI is InChI=1S/C21H25.C10H15.C3H7.Zr/c1-20(2,3)16-9-7-14-11-15-8-10-17(21(4,5)6)13-19(15)18(14)12-16;1-8-5-6-9(7-8)10(2,3)4;1-3-2;/h7-13H,1-6H3;6-8H,1-4H3;3H,1-2H3;/q3*-1;+3. The van der Waals surface area contributed by atoms with E-state index in [1.807, 2.05) is 20.3 Å². The second kappa shape index (κ2) is 12.3. The van der Waals surface area contributed by atoms with E-state index in [2.05, 4.69) is 130 Å². The summed E-state index contributed by atoms with van der Waals surface area (Å²) < 4.78 is 0. The van der Waals surface area contributed by atoms with Crippen LogP contribution in [0.15, 0.2) is 60.2 Å². The zero-order valence-corrected chi connectivity index (χ0v) is 26.8. The monoisotopic (exact) mass is 545 g/mol. The number of allylic oxidation sites excluding steroid dienone is 4. The first-order valence-corrected chi connectivity index (χ1v) is 12.8. The number of hydrogen-bond acceptors (Lipinski definition) is 0. The van der Waals surface area contributed by atoms with Gasteiger partial charge in [0.15, 0.2) is 0 Å².